The second-order valence-corrected chi connectivity index (χ2v) is 7.39. The Balaban J connectivity index is 0.000000178. The zero-order chi connectivity index (χ0) is 24.1. The molecule has 36 heavy (non-hydrogen) atoms. The minimum Gasteiger partial charge on any atom is -0.379 e. The molecule has 0 aliphatic heterocycles. The third-order valence-electron chi connectivity index (χ3n) is 5.30. The van der Waals surface area contributed by atoms with Crippen LogP contribution in [-0.2, 0) is 20.1 Å². The zero-order valence-corrected chi connectivity index (χ0v) is 21.0. The van der Waals surface area contributed by atoms with Gasteiger partial charge in [0.25, 0.3) is 0 Å². The predicted octanol–water partition coefficient (Wildman–Crippen LogP) is 3.23. The minimum atomic E-state index is -1.83. The van der Waals surface area contributed by atoms with Crippen LogP contribution < -0.4 is 0 Å². The van der Waals surface area contributed by atoms with Crippen LogP contribution in [0.1, 0.15) is 0 Å². The Morgan fingerprint density at radius 1 is 0.667 bits per heavy atom. The predicted molar refractivity (Wildman–Crippen MR) is 125 cm³/mol. The molecule has 0 aliphatic carbocycles. The number of benzene rings is 1. The van der Waals surface area contributed by atoms with E-state index in [9.17, 15) is 8.78 Å². The Morgan fingerprint density at radius 2 is 1.17 bits per heavy atom. The topological polar surface area (TPSA) is 84.2 Å². The van der Waals surface area contributed by atoms with E-state index < -0.39 is 18.3 Å². The van der Waals surface area contributed by atoms with E-state index in [1.54, 1.807) is 49.2 Å². The van der Waals surface area contributed by atoms with E-state index in [0.29, 0.717) is 5.69 Å². The van der Waals surface area contributed by atoms with Crippen molar-refractivity contribution in [3.05, 3.63) is 128 Å². The van der Waals surface area contributed by atoms with Crippen LogP contribution in [0.3, 0.4) is 0 Å². The normalized spacial score (nSPS) is 10.8. The Morgan fingerprint density at radius 3 is 1.53 bits per heavy atom. The third-order valence-corrected chi connectivity index (χ3v) is 5.30. The summed E-state index contributed by atoms with van der Waals surface area (Å²) in [6.07, 6.45) is 16.0. The van der Waals surface area contributed by atoms with Crippen molar-refractivity contribution in [2.45, 2.75) is 0 Å². The molecule has 0 aliphatic rings. The fourth-order valence-corrected chi connectivity index (χ4v) is 3.82. The quantitative estimate of drug-likeness (QED) is 0.210. The number of aromatic nitrogens is 9. The van der Waals surface area contributed by atoms with Gasteiger partial charge in [0.15, 0.2) is 0 Å². The molecule has 0 fully saturated rings. The van der Waals surface area contributed by atoms with Crippen molar-refractivity contribution >= 4 is 6.69 Å². The Kier molecular flexibility index (Phi) is 7.62. The van der Waals surface area contributed by atoms with Crippen LogP contribution in [0.15, 0.2) is 110 Å². The molecule has 13 heteroatoms. The van der Waals surface area contributed by atoms with Crippen molar-refractivity contribution in [1.82, 2.24) is 43.7 Å². The Hall–Kier alpha value is -4.22. The van der Waals surface area contributed by atoms with Gasteiger partial charge in [-0.15, -0.1) is 12.1 Å². The van der Waals surface area contributed by atoms with Crippen LogP contribution in [0.2, 0.25) is 0 Å². The zero-order valence-electron chi connectivity index (χ0n) is 18.6. The molecule has 6 aromatic rings. The second kappa shape index (κ2) is 11.0. The average Bonchev–Trinajstić information content (AvgIpc) is 3.71. The van der Waals surface area contributed by atoms with Crippen molar-refractivity contribution < 1.29 is 28.9 Å². The maximum atomic E-state index is 13.2. The van der Waals surface area contributed by atoms with Crippen molar-refractivity contribution in [3.8, 4) is 11.3 Å². The molecule has 0 saturated heterocycles. The van der Waals surface area contributed by atoms with E-state index in [1.807, 2.05) is 67.4 Å². The van der Waals surface area contributed by atoms with Gasteiger partial charge in [0.1, 0.15) is 0 Å². The molecule has 6 rings (SSSR count). The second-order valence-electron chi connectivity index (χ2n) is 7.39. The van der Waals surface area contributed by atoms with Gasteiger partial charge in [-0.3, -0.25) is 8.78 Å². The first-order valence-electron chi connectivity index (χ1n) is 10.6. The van der Waals surface area contributed by atoms with Gasteiger partial charge in [0.2, 0.25) is 0 Å². The molecule has 1 radical (unpaired) electrons. The van der Waals surface area contributed by atoms with Crippen molar-refractivity contribution in [3.63, 3.8) is 0 Å². The van der Waals surface area contributed by atoms with Crippen LogP contribution in [0.25, 0.3) is 11.3 Å². The summed E-state index contributed by atoms with van der Waals surface area (Å²) in [6, 6.07) is 17.0. The fraction of sp³-hybridized carbons (Fsp3) is 0. The molecule has 0 atom stereocenters. The molecule has 9 nitrogen and oxygen atoms in total. The molecule has 5 heterocycles. The first-order valence-corrected chi connectivity index (χ1v) is 10.6. The summed E-state index contributed by atoms with van der Waals surface area (Å²) in [5.41, 5.74) is 0.636. The molecule has 0 unspecified atom stereocenters. The Bertz CT molecular complexity index is 1320. The van der Waals surface area contributed by atoms with Gasteiger partial charge >= 0.3 is 6.69 Å². The van der Waals surface area contributed by atoms with E-state index in [4.69, 9.17) is 0 Å². The summed E-state index contributed by atoms with van der Waals surface area (Å²) in [6.45, 7) is -1.83. The molecule has 0 saturated carbocycles. The minimum absolute atomic E-state index is 0. The van der Waals surface area contributed by atoms with Crippen LogP contribution >= 0.6 is 0 Å². The molecule has 0 bridgehead atoms. The molecule has 5 aromatic heterocycles. The summed E-state index contributed by atoms with van der Waals surface area (Å²) in [7, 11) is 0. The van der Waals surface area contributed by atoms with Crippen LogP contribution in [0.4, 0.5) is 8.78 Å². The van der Waals surface area contributed by atoms with Gasteiger partial charge in [-0.1, -0.05) is 23.8 Å². The SMILES string of the molecule is Fc1c[c-]c(-c2ccccn2)c(F)c1.[Ir].c1cnn([B-](n2cccn2)(n2cccn2)n2cccn2)c1. The Labute approximate surface area is 218 Å². The van der Waals surface area contributed by atoms with Crippen LogP contribution in [-0.4, -0.2) is 50.4 Å². The first kappa shape index (κ1) is 24.9. The van der Waals surface area contributed by atoms with Gasteiger partial charge in [-0.05, 0) is 60.8 Å². The number of nitrogens with zero attached hydrogens (tertiary/aromatic N) is 9. The van der Waals surface area contributed by atoms with Gasteiger partial charge in [-0.2, -0.15) is 0 Å². The van der Waals surface area contributed by atoms with Crippen LogP contribution in [0, 0.1) is 17.7 Å². The number of halogens is 2. The number of hydrogen-bond donors (Lipinski definition) is 0. The van der Waals surface area contributed by atoms with Gasteiger partial charge in [-0.25, -0.2) is 20.4 Å². The van der Waals surface area contributed by atoms with E-state index in [0.717, 1.165) is 12.1 Å². The molecule has 183 valence electrons. The summed E-state index contributed by atoms with van der Waals surface area (Å²) >= 11 is 0. The van der Waals surface area contributed by atoms with Gasteiger partial charge in [0.05, 0.1) is 0 Å². The summed E-state index contributed by atoms with van der Waals surface area (Å²) < 4.78 is 33.0. The molecular weight excluding hydrogens is 643 g/mol. The maximum absolute atomic E-state index is 13.2. The third kappa shape index (κ3) is 4.66. The maximum Gasteiger partial charge on any atom is 0.466 e. The molecule has 0 spiro atoms. The van der Waals surface area contributed by atoms with E-state index in [1.165, 1.54) is 0 Å². The van der Waals surface area contributed by atoms with Crippen molar-refractivity contribution in [2.75, 3.05) is 0 Å². The summed E-state index contributed by atoms with van der Waals surface area (Å²) in [4.78, 5) is 3.95. The molecule has 1 aromatic carbocycles. The van der Waals surface area contributed by atoms with E-state index in [2.05, 4.69) is 31.4 Å². The first-order chi connectivity index (χ1) is 17.2. The van der Waals surface area contributed by atoms with E-state index in [-0.39, 0.29) is 25.7 Å². The number of pyridine rings is 1. The fourth-order valence-electron chi connectivity index (χ4n) is 3.82. The number of hydrogen-bond acceptors (Lipinski definition) is 5. The molecule has 0 amide bonds. The van der Waals surface area contributed by atoms with Crippen molar-refractivity contribution in [1.29, 1.82) is 0 Å². The van der Waals surface area contributed by atoms with Crippen molar-refractivity contribution in [2.24, 2.45) is 0 Å². The summed E-state index contributed by atoms with van der Waals surface area (Å²) in [5.74, 6) is -1.29. The number of rotatable bonds is 5. The monoisotopic (exact) mass is 662 g/mol. The summed E-state index contributed by atoms with van der Waals surface area (Å²) in [5, 5.41) is 17.7. The largest absolute Gasteiger partial charge is 0.466 e. The van der Waals surface area contributed by atoms with Gasteiger partial charge < -0.3 is 23.4 Å². The van der Waals surface area contributed by atoms with Crippen LogP contribution in [0.5, 0.6) is 0 Å². The molecule has 0 N–H and O–H groups in total. The van der Waals surface area contributed by atoms with Gasteiger partial charge in [0, 0.05) is 62.7 Å². The standard InChI is InChI=1S/C12H12BN8.C11H6F2N.Ir/c1-5-14-18(9-1)13(19-10-2-6-15-19,20-11-3-7-16-20)21-12-4-8-17-21;12-8-4-5-9(10(13)7-8)11-3-1-2-6-14-11;/h1-12H;1-4,6-7H;/q2*-1;. The van der Waals surface area contributed by atoms with E-state index >= 15 is 0 Å². The molecular formula is C23H18BF2IrN9-2. The average molecular weight is 661 g/mol. The smallest absolute Gasteiger partial charge is 0.379 e.